The molecule has 5 nitrogen and oxygen atoms in total. The van der Waals surface area contributed by atoms with Crippen molar-refractivity contribution in [2.24, 2.45) is 0 Å². The van der Waals surface area contributed by atoms with Gasteiger partial charge in [0.15, 0.2) is 0 Å². The Hall–Kier alpha value is -2.44. The first-order valence-corrected chi connectivity index (χ1v) is 5.20. The zero-order valence-electron chi connectivity index (χ0n) is 9.68. The van der Waals surface area contributed by atoms with Crippen LogP contribution in [-0.2, 0) is 16.1 Å². The monoisotopic (exact) mass is 271 g/mol. The molecule has 1 rings (SSSR count). The van der Waals surface area contributed by atoms with Crippen LogP contribution in [0, 0.1) is 0 Å². The Balaban J connectivity index is 2.62. The van der Waals surface area contributed by atoms with E-state index >= 15 is 0 Å². The van der Waals surface area contributed by atoms with Crippen molar-refractivity contribution in [3.8, 4) is 5.75 Å². The summed E-state index contributed by atoms with van der Waals surface area (Å²) in [6.45, 7) is -3.00. The first kappa shape index (κ1) is 14.6. The fourth-order valence-corrected chi connectivity index (χ4v) is 1.25. The van der Waals surface area contributed by atoms with Crippen molar-refractivity contribution in [2.45, 2.75) is 13.2 Å². The minimum Gasteiger partial charge on any atom is -0.478 e. The molecule has 0 bridgehead atoms. The van der Waals surface area contributed by atoms with Crippen molar-refractivity contribution in [3.05, 3.63) is 42.0 Å². The van der Waals surface area contributed by atoms with Gasteiger partial charge in [-0.2, -0.15) is 8.78 Å². The number of carboxylic acids is 1. The van der Waals surface area contributed by atoms with Crippen LogP contribution in [0.15, 0.2) is 36.4 Å². The molecule has 2 N–H and O–H groups in total. The number of carbonyl (C=O) groups is 2. The second kappa shape index (κ2) is 7.10. The molecule has 0 aromatic heterocycles. The van der Waals surface area contributed by atoms with E-state index in [-0.39, 0.29) is 12.3 Å². The summed E-state index contributed by atoms with van der Waals surface area (Å²) < 4.78 is 28.5. The molecule has 19 heavy (non-hydrogen) atoms. The third-order valence-corrected chi connectivity index (χ3v) is 2.02. The van der Waals surface area contributed by atoms with E-state index in [1.165, 1.54) is 18.2 Å². The molecule has 1 aromatic carbocycles. The molecule has 0 heterocycles. The second-order valence-electron chi connectivity index (χ2n) is 3.38. The summed E-state index contributed by atoms with van der Waals surface area (Å²) in [7, 11) is 0. The Labute approximate surface area is 107 Å². The number of hydrogen-bond donors (Lipinski definition) is 2. The Kier molecular flexibility index (Phi) is 5.46. The third-order valence-electron chi connectivity index (χ3n) is 2.02. The molecule has 0 radical (unpaired) electrons. The highest BCUT2D eigenvalue weighted by Gasteiger charge is 2.09. The fraction of sp³-hybridized carbons (Fsp3) is 0.167. The van der Waals surface area contributed by atoms with Gasteiger partial charge in [0.05, 0.1) is 0 Å². The van der Waals surface area contributed by atoms with Crippen LogP contribution in [0.2, 0.25) is 0 Å². The van der Waals surface area contributed by atoms with Crippen LogP contribution < -0.4 is 10.1 Å². The largest absolute Gasteiger partial charge is 0.478 e. The van der Waals surface area contributed by atoms with Gasteiger partial charge in [-0.05, 0) is 6.07 Å². The van der Waals surface area contributed by atoms with Crippen molar-refractivity contribution in [2.75, 3.05) is 0 Å². The number of nitrogens with one attached hydrogen (secondary N) is 1. The Bertz CT molecular complexity index is 488. The lowest BCUT2D eigenvalue weighted by Crippen LogP contribution is -2.21. The Morgan fingerprint density at radius 1 is 1.32 bits per heavy atom. The predicted octanol–water partition coefficient (Wildman–Crippen LogP) is 1.54. The van der Waals surface area contributed by atoms with Crippen LogP contribution in [0.5, 0.6) is 5.75 Å². The number of ether oxygens (including phenoxy) is 1. The third kappa shape index (κ3) is 5.62. The molecule has 102 valence electrons. The maximum Gasteiger partial charge on any atom is 0.387 e. The van der Waals surface area contributed by atoms with Crippen LogP contribution in [0.3, 0.4) is 0 Å². The van der Waals surface area contributed by atoms with Crippen LogP contribution in [0.4, 0.5) is 8.78 Å². The highest BCUT2D eigenvalue weighted by molar-refractivity contribution is 5.93. The second-order valence-corrected chi connectivity index (χ2v) is 3.38. The molecule has 0 saturated heterocycles. The molecule has 7 heteroatoms. The molecule has 0 fully saturated rings. The lowest BCUT2D eigenvalue weighted by molar-refractivity contribution is -0.131. The molecule has 0 aliphatic carbocycles. The van der Waals surface area contributed by atoms with Crippen molar-refractivity contribution < 1.29 is 28.2 Å². The van der Waals surface area contributed by atoms with Crippen LogP contribution in [0.1, 0.15) is 5.56 Å². The lowest BCUT2D eigenvalue weighted by Gasteiger charge is -2.10. The number of amides is 1. The highest BCUT2D eigenvalue weighted by atomic mass is 19.3. The van der Waals surface area contributed by atoms with Gasteiger partial charge in [-0.1, -0.05) is 18.2 Å². The fourth-order valence-electron chi connectivity index (χ4n) is 1.25. The van der Waals surface area contributed by atoms with Gasteiger partial charge in [-0.25, -0.2) is 4.79 Å². The topological polar surface area (TPSA) is 75.6 Å². The number of rotatable bonds is 6. The lowest BCUT2D eigenvalue weighted by atomic mass is 10.2. The van der Waals surface area contributed by atoms with Crippen LogP contribution >= 0.6 is 0 Å². The summed E-state index contributed by atoms with van der Waals surface area (Å²) in [5, 5.41) is 10.7. The summed E-state index contributed by atoms with van der Waals surface area (Å²) in [4.78, 5) is 21.4. The molecule has 1 aromatic rings. The number of carboxylic acid groups (broad SMARTS) is 1. The van der Waals surface area contributed by atoms with Crippen molar-refractivity contribution >= 4 is 11.9 Å². The van der Waals surface area contributed by atoms with E-state index in [0.29, 0.717) is 11.6 Å². The minimum absolute atomic E-state index is 0.0417. The van der Waals surface area contributed by atoms with Crippen molar-refractivity contribution in [1.29, 1.82) is 0 Å². The Morgan fingerprint density at radius 2 is 2.00 bits per heavy atom. The molecular weight excluding hydrogens is 260 g/mol. The summed E-state index contributed by atoms with van der Waals surface area (Å²) >= 11 is 0. The van der Waals surface area contributed by atoms with Crippen LogP contribution in [0.25, 0.3) is 0 Å². The first-order valence-electron chi connectivity index (χ1n) is 5.20. The van der Waals surface area contributed by atoms with E-state index in [4.69, 9.17) is 5.11 Å². The molecule has 0 saturated carbocycles. The standard InChI is InChI=1S/C12H11F2NO4/c13-12(14)19-9-4-2-1-3-8(9)7-15-10(16)5-6-11(17)18/h1-6,12H,7H2,(H,15,16)(H,17,18)/b6-5+. The number of hydrogen-bond acceptors (Lipinski definition) is 3. The van der Waals surface area contributed by atoms with Gasteiger partial charge in [0.2, 0.25) is 5.91 Å². The minimum atomic E-state index is -2.95. The van der Waals surface area contributed by atoms with E-state index in [2.05, 4.69) is 10.1 Å². The maximum absolute atomic E-state index is 12.1. The van der Waals surface area contributed by atoms with Crippen molar-refractivity contribution in [1.82, 2.24) is 5.32 Å². The van der Waals surface area contributed by atoms with Gasteiger partial charge in [0, 0.05) is 24.3 Å². The quantitative estimate of drug-likeness (QED) is 0.770. The van der Waals surface area contributed by atoms with Gasteiger partial charge in [-0.15, -0.1) is 0 Å². The number of alkyl halides is 2. The smallest absolute Gasteiger partial charge is 0.387 e. The van der Waals surface area contributed by atoms with Gasteiger partial charge in [0.1, 0.15) is 5.75 Å². The molecule has 0 atom stereocenters. The van der Waals surface area contributed by atoms with Gasteiger partial charge >= 0.3 is 12.6 Å². The number of carbonyl (C=O) groups excluding carboxylic acids is 1. The molecule has 0 aliphatic rings. The zero-order valence-corrected chi connectivity index (χ0v) is 9.68. The predicted molar refractivity (Wildman–Crippen MR) is 61.7 cm³/mol. The summed E-state index contributed by atoms with van der Waals surface area (Å²) in [5.74, 6) is -1.94. The molecular formula is C12H11F2NO4. The maximum atomic E-state index is 12.1. The van der Waals surface area contributed by atoms with Gasteiger partial charge in [0.25, 0.3) is 0 Å². The van der Waals surface area contributed by atoms with Gasteiger partial charge < -0.3 is 15.2 Å². The first-order chi connectivity index (χ1) is 8.99. The number of halogens is 2. The number of aliphatic carboxylic acids is 1. The van der Waals surface area contributed by atoms with E-state index in [1.54, 1.807) is 6.07 Å². The highest BCUT2D eigenvalue weighted by Crippen LogP contribution is 2.19. The summed E-state index contributed by atoms with van der Waals surface area (Å²) in [6.07, 6.45) is 1.51. The molecule has 0 unspecified atom stereocenters. The number of para-hydroxylation sites is 1. The molecule has 0 spiro atoms. The average molecular weight is 271 g/mol. The van der Waals surface area contributed by atoms with E-state index in [0.717, 1.165) is 6.08 Å². The van der Waals surface area contributed by atoms with Gasteiger partial charge in [-0.3, -0.25) is 4.79 Å². The van der Waals surface area contributed by atoms with E-state index in [1.807, 2.05) is 0 Å². The summed E-state index contributed by atoms with van der Waals surface area (Å²) in [5.41, 5.74) is 0.361. The zero-order chi connectivity index (χ0) is 14.3. The van der Waals surface area contributed by atoms with E-state index in [9.17, 15) is 18.4 Å². The van der Waals surface area contributed by atoms with Crippen LogP contribution in [-0.4, -0.2) is 23.6 Å². The molecule has 0 aliphatic heterocycles. The van der Waals surface area contributed by atoms with E-state index < -0.39 is 18.5 Å². The Morgan fingerprint density at radius 3 is 2.63 bits per heavy atom. The normalized spacial score (nSPS) is 10.7. The number of benzene rings is 1. The van der Waals surface area contributed by atoms with Crippen molar-refractivity contribution in [3.63, 3.8) is 0 Å². The average Bonchev–Trinajstić information content (AvgIpc) is 2.34. The SMILES string of the molecule is O=C(O)/C=C/C(=O)NCc1ccccc1OC(F)F. The summed E-state index contributed by atoms with van der Waals surface area (Å²) in [6, 6.07) is 5.99. The molecule has 1 amide bonds.